The number of aromatic nitrogens is 1. The molecule has 4 heteroatoms. The Morgan fingerprint density at radius 2 is 2.06 bits per heavy atom. The van der Waals surface area contributed by atoms with E-state index in [1.54, 1.807) is 42.3 Å². The van der Waals surface area contributed by atoms with Crippen LogP contribution >= 0.6 is 0 Å². The maximum atomic E-state index is 13.2. The van der Waals surface area contributed by atoms with Crippen LogP contribution in [0.2, 0.25) is 0 Å². The lowest BCUT2D eigenvalue weighted by Crippen LogP contribution is -2.11. The van der Waals surface area contributed by atoms with E-state index >= 15 is 0 Å². The quantitative estimate of drug-likeness (QED) is 0.904. The van der Waals surface area contributed by atoms with Gasteiger partial charge in [-0.25, -0.2) is 9.37 Å². The van der Waals surface area contributed by atoms with E-state index in [9.17, 15) is 9.50 Å². The lowest BCUT2D eigenvalue weighted by Gasteiger charge is -2.19. The van der Waals surface area contributed by atoms with Crippen molar-refractivity contribution in [3.8, 4) is 0 Å². The van der Waals surface area contributed by atoms with E-state index < -0.39 is 6.10 Å². The van der Waals surface area contributed by atoms with Gasteiger partial charge in [-0.3, -0.25) is 0 Å². The van der Waals surface area contributed by atoms with E-state index in [-0.39, 0.29) is 5.82 Å². The van der Waals surface area contributed by atoms with Crippen LogP contribution in [0.3, 0.4) is 0 Å². The van der Waals surface area contributed by atoms with E-state index in [0.717, 1.165) is 5.56 Å². The Morgan fingerprint density at radius 3 is 2.72 bits per heavy atom. The highest BCUT2D eigenvalue weighted by Crippen LogP contribution is 2.24. The van der Waals surface area contributed by atoms with Crippen molar-refractivity contribution in [3.63, 3.8) is 0 Å². The van der Waals surface area contributed by atoms with Crippen molar-refractivity contribution in [2.75, 3.05) is 11.9 Å². The summed E-state index contributed by atoms with van der Waals surface area (Å²) in [5.74, 6) is 0.380. The first-order valence-electron chi connectivity index (χ1n) is 5.71. The zero-order valence-electron chi connectivity index (χ0n) is 10.3. The van der Waals surface area contributed by atoms with Crippen LogP contribution in [-0.4, -0.2) is 17.1 Å². The molecule has 0 aliphatic carbocycles. The van der Waals surface area contributed by atoms with Crippen molar-refractivity contribution in [2.24, 2.45) is 0 Å². The summed E-state index contributed by atoms with van der Waals surface area (Å²) >= 11 is 0. The molecule has 0 unspecified atom stereocenters. The minimum atomic E-state index is -0.548. The first-order valence-corrected chi connectivity index (χ1v) is 5.71. The van der Waals surface area contributed by atoms with Gasteiger partial charge in [0.25, 0.3) is 0 Å². The Kier molecular flexibility index (Phi) is 3.58. The highest BCUT2D eigenvalue weighted by Gasteiger charge is 2.08. The minimum absolute atomic E-state index is 0.286. The van der Waals surface area contributed by atoms with E-state index in [0.29, 0.717) is 11.5 Å². The van der Waals surface area contributed by atoms with Gasteiger partial charge in [-0.1, -0.05) is 6.07 Å². The molecule has 1 aromatic heterocycles. The summed E-state index contributed by atoms with van der Waals surface area (Å²) in [7, 11) is 1.81. The number of halogens is 1. The minimum Gasteiger partial charge on any atom is -0.389 e. The van der Waals surface area contributed by atoms with Gasteiger partial charge in [-0.2, -0.15) is 0 Å². The monoisotopic (exact) mass is 246 g/mol. The summed E-state index contributed by atoms with van der Waals surface area (Å²) in [6.07, 6.45) is 1.08. The van der Waals surface area contributed by atoms with Gasteiger partial charge in [0.05, 0.1) is 6.10 Å². The van der Waals surface area contributed by atoms with Gasteiger partial charge < -0.3 is 10.0 Å². The molecular weight excluding hydrogens is 231 g/mol. The number of anilines is 2. The molecule has 1 heterocycles. The van der Waals surface area contributed by atoms with Crippen LogP contribution in [0.1, 0.15) is 18.6 Å². The molecule has 2 rings (SSSR count). The van der Waals surface area contributed by atoms with Crippen LogP contribution in [0.25, 0.3) is 0 Å². The predicted molar refractivity (Wildman–Crippen MR) is 69.3 cm³/mol. The van der Waals surface area contributed by atoms with Crippen LogP contribution < -0.4 is 4.90 Å². The summed E-state index contributed by atoms with van der Waals surface area (Å²) in [6.45, 7) is 1.70. The van der Waals surface area contributed by atoms with E-state index in [2.05, 4.69) is 4.98 Å². The van der Waals surface area contributed by atoms with Crippen molar-refractivity contribution < 1.29 is 9.50 Å². The molecule has 1 atom stereocenters. The van der Waals surface area contributed by atoms with Crippen LogP contribution in [0, 0.1) is 5.82 Å². The van der Waals surface area contributed by atoms with Crippen molar-refractivity contribution in [1.29, 1.82) is 0 Å². The van der Waals surface area contributed by atoms with Crippen LogP contribution in [0.4, 0.5) is 15.9 Å². The third-order valence-electron chi connectivity index (χ3n) is 2.79. The van der Waals surface area contributed by atoms with Crippen LogP contribution in [0.15, 0.2) is 42.6 Å². The average molecular weight is 246 g/mol. The molecule has 0 amide bonds. The average Bonchev–Trinajstić information content (AvgIpc) is 2.38. The first kappa shape index (κ1) is 12.5. The molecule has 0 bridgehead atoms. The fourth-order valence-corrected chi connectivity index (χ4v) is 1.69. The largest absolute Gasteiger partial charge is 0.389 e. The summed E-state index contributed by atoms with van der Waals surface area (Å²) in [5, 5.41) is 9.54. The van der Waals surface area contributed by atoms with Gasteiger partial charge in [0, 0.05) is 18.9 Å². The molecular formula is C14H15FN2O. The Labute approximate surface area is 106 Å². The highest BCUT2D eigenvalue weighted by molar-refractivity contribution is 5.59. The Hall–Kier alpha value is -1.94. The van der Waals surface area contributed by atoms with Gasteiger partial charge >= 0.3 is 0 Å². The first-order chi connectivity index (χ1) is 8.58. The molecule has 0 saturated heterocycles. The van der Waals surface area contributed by atoms with Gasteiger partial charge in [0.15, 0.2) is 0 Å². The second kappa shape index (κ2) is 5.14. The summed E-state index contributed by atoms with van der Waals surface area (Å²) in [6, 6.07) is 9.84. The van der Waals surface area contributed by atoms with Gasteiger partial charge in [-0.15, -0.1) is 0 Å². The second-order valence-electron chi connectivity index (χ2n) is 4.16. The molecule has 94 valence electrons. The lowest BCUT2D eigenvalue weighted by molar-refractivity contribution is 0.199. The van der Waals surface area contributed by atoms with E-state index in [1.807, 2.05) is 7.05 Å². The fourth-order valence-electron chi connectivity index (χ4n) is 1.69. The smallest absolute Gasteiger partial charge is 0.133 e. The van der Waals surface area contributed by atoms with Crippen molar-refractivity contribution >= 4 is 11.5 Å². The number of rotatable bonds is 3. The van der Waals surface area contributed by atoms with Gasteiger partial charge in [-0.05, 0) is 42.8 Å². The summed E-state index contributed by atoms with van der Waals surface area (Å²) in [4.78, 5) is 5.99. The number of benzene rings is 1. The molecule has 18 heavy (non-hydrogen) atoms. The van der Waals surface area contributed by atoms with Gasteiger partial charge in [0.1, 0.15) is 11.6 Å². The topological polar surface area (TPSA) is 36.4 Å². The van der Waals surface area contributed by atoms with Gasteiger partial charge in [0.2, 0.25) is 0 Å². The number of aliphatic hydroxyl groups is 1. The number of pyridine rings is 1. The predicted octanol–water partition coefficient (Wildman–Crippen LogP) is 3.04. The number of hydrogen-bond donors (Lipinski definition) is 1. The molecule has 0 spiro atoms. The lowest BCUT2D eigenvalue weighted by atomic mass is 10.1. The SMILES string of the molecule is C[C@@H](O)c1ccnc(N(C)c2cccc(F)c2)c1. The Balaban J connectivity index is 2.33. The molecule has 0 fully saturated rings. The summed E-state index contributed by atoms with van der Waals surface area (Å²) < 4.78 is 13.2. The molecule has 0 radical (unpaired) electrons. The number of hydrogen-bond acceptors (Lipinski definition) is 3. The molecule has 0 aliphatic heterocycles. The molecule has 1 aromatic carbocycles. The highest BCUT2D eigenvalue weighted by atomic mass is 19.1. The number of nitrogens with zero attached hydrogens (tertiary/aromatic N) is 2. The number of aliphatic hydroxyl groups excluding tert-OH is 1. The maximum Gasteiger partial charge on any atom is 0.133 e. The Morgan fingerprint density at radius 1 is 1.28 bits per heavy atom. The molecule has 0 aliphatic rings. The van der Waals surface area contributed by atoms with Crippen LogP contribution in [-0.2, 0) is 0 Å². The van der Waals surface area contributed by atoms with Crippen molar-refractivity contribution in [3.05, 3.63) is 54.0 Å². The van der Waals surface area contributed by atoms with Crippen LogP contribution in [0.5, 0.6) is 0 Å². The van der Waals surface area contributed by atoms with Crippen molar-refractivity contribution in [2.45, 2.75) is 13.0 Å². The molecule has 1 N–H and O–H groups in total. The maximum absolute atomic E-state index is 13.2. The summed E-state index contributed by atoms with van der Waals surface area (Å²) in [5.41, 5.74) is 1.49. The normalized spacial score (nSPS) is 12.2. The fraction of sp³-hybridized carbons (Fsp3) is 0.214. The third-order valence-corrected chi connectivity index (χ3v) is 2.79. The van der Waals surface area contributed by atoms with E-state index in [1.165, 1.54) is 12.1 Å². The zero-order chi connectivity index (χ0) is 13.1. The molecule has 3 nitrogen and oxygen atoms in total. The second-order valence-corrected chi connectivity index (χ2v) is 4.16. The zero-order valence-corrected chi connectivity index (χ0v) is 10.3. The van der Waals surface area contributed by atoms with Crippen molar-refractivity contribution in [1.82, 2.24) is 4.98 Å². The molecule has 0 saturated carbocycles. The standard InChI is InChI=1S/C14H15FN2O/c1-10(18)11-6-7-16-14(8-11)17(2)13-5-3-4-12(15)9-13/h3-10,18H,1-2H3/t10-/m1/s1. The molecule has 2 aromatic rings. The Bertz CT molecular complexity index is 543. The third kappa shape index (κ3) is 2.65. The van der Waals surface area contributed by atoms with E-state index in [4.69, 9.17) is 0 Å².